The van der Waals surface area contributed by atoms with Gasteiger partial charge in [0, 0.05) is 17.8 Å². The molecule has 2 fully saturated rings. The fourth-order valence-corrected chi connectivity index (χ4v) is 8.08. The quantitative estimate of drug-likeness (QED) is 0.126. The van der Waals surface area contributed by atoms with Gasteiger partial charge in [0.1, 0.15) is 0 Å². The van der Waals surface area contributed by atoms with Crippen molar-refractivity contribution in [3.8, 4) is 11.1 Å². The molecule has 2 saturated carbocycles. The van der Waals surface area contributed by atoms with E-state index in [1.165, 1.54) is 60.8 Å². The number of benzene rings is 4. The molecule has 0 heterocycles. The lowest BCUT2D eigenvalue weighted by molar-refractivity contribution is -0.117. The fourth-order valence-electron chi connectivity index (χ4n) is 7.72. The number of carbonyl (C=O) groups is 2. The molecule has 1 atom stereocenters. The van der Waals surface area contributed by atoms with Crippen LogP contribution in [0.4, 0.5) is 5.69 Å². The summed E-state index contributed by atoms with van der Waals surface area (Å²) in [5.74, 6) is 0.417. The van der Waals surface area contributed by atoms with E-state index in [9.17, 15) is 18.0 Å². The van der Waals surface area contributed by atoms with Gasteiger partial charge < -0.3 is 10.6 Å². The van der Waals surface area contributed by atoms with Gasteiger partial charge in [0.15, 0.2) is 0 Å². The Hall–Kier alpha value is -4.27. The summed E-state index contributed by atoms with van der Waals surface area (Å²) in [4.78, 5) is 26.6. The van der Waals surface area contributed by atoms with Gasteiger partial charge in [-0.05, 0) is 138 Å². The average Bonchev–Trinajstić information content (AvgIpc) is 3.97. The second-order valence-corrected chi connectivity index (χ2v) is 17.6. The van der Waals surface area contributed by atoms with E-state index in [1.807, 2.05) is 24.3 Å². The zero-order valence-corrected chi connectivity index (χ0v) is 31.6. The lowest BCUT2D eigenvalue weighted by Gasteiger charge is -2.37. The molecular weight excluding hydrogens is 669 g/mol. The third-order valence-corrected chi connectivity index (χ3v) is 11.9. The third-order valence-electron chi connectivity index (χ3n) is 11.1. The Kier molecular flexibility index (Phi) is 11.4. The van der Waals surface area contributed by atoms with Gasteiger partial charge in [-0.3, -0.25) is 14.1 Å². The van der Waals surface area contributed by atoms with Crippen LogP contribution in [-0.2, 0) is 21.3 Å². The molecule has 3 N–H and O–H groups in total. The molecule has 2 amide bonds. The van der Waals surface area contributed by atoms with Crippen LogP contribution >= 0.6 is 0 Å². The molecule has 8 heteroatoms. The maximum Gasteiger partial charge on any atom is 0.266 e. The summed E-state index contributed by atoms with van der Waals surface area (Å²) < 4.78 is 31.0. The van der Waals surface area contributed by atoms with Crippen LogP contribution in [0.15, 0.2) is 91.0 Å². The molecule has 0 aliphatic heterocycles. The van der Waals surface area contributed by atoms with Crippen molar-refractivity contribution in [1.29, 1.82) is 0 Å². The predicted molar refractivity (Wildman–Crippen MR) is 209 cm³/mol. The van der Waals surface area contributed by atoms with Gasteiger partial charge in [-0.25, -0.2) is 0 Å². The Morgan fingerprint density at radius 1 is 0.788 bits per heavy atom. The predicted octanol–water partition coefficient (Wildman–Crippen LogP) is 9.44. The van der Waals surface area contributed by atoms with Gasteiger partial charge in [-0.1, -0.05) is 87.5 Å². The molecule has 0 bridgehead atoms. The molecule has 274 valence electrons. The molecule has 52 heavy (non-hydrogen) atoms. The molecule has 2 aliphatic carbocycles. The highest BCUT2D eigenvalue weighted by molar-refractivity contribution is 7.85. The summed E-state index contributed by atoms with van der Waals surface area (Å²) in [7, 11) is -4.17. The standard InChI is InChI=1S/C44H52N2O5S/c1-29-27-37(33-9-10-33)19-24-40(29)34-17-22-39(23-18-34)46-43(48)41(28-30-5-7-36(8-6-30)42(47)45-25-26-52(49,50)51)35-13-11-31(12-14-35)32-15-20-38(21-16-32)44(2,3)4/h5-8,11-14,17-19,22-24,27,32-33,38,41H,9-10,15-16,20-21,25-26,28H2,1-4H3,(H,45,47)(H,46,48)(H,49,50,51)/t32?,38?,41-/m1/s1. The number of hydrogen-bond donors (Lipinski definition) is 3. The van der Waals surface area contributed by atoms with Crippen molar-refractivity contribution in [2.45, 2.75) is 90.4 Å². The number of hydrogen-bond acceptors (Lipinski definition) is 4. The number of nitrogens with one attached hydrogen (secondary N) is 2. The zero-order chi connectivity index (χ0) is 37.0. The fraction of sp³-hybridized carbons (Fsp3) is 0.409. The van der Waals surface area contributed by atoms with Crippen molar-refractivity contribution in [3.63, 3.8) is 0 Å². The molecule has 4 aromatic carbocycles. The third kappa shape index (κ3) is 9.78. The summed E-state index contributed by atoms with van der Waals surface area (Å²) in [5.41, 5.74) is 9.57. The second-order valence-electron chi connectivity index (χ2n) is 16.0. The van der Waals surface area contributed by atoms with E-state index in [4.69, 9.17) is 4.55 Å². The van der Waals surface area contributed by atoms with Gasteiger partial charge in [-0.2, -0.15) is 8.42 Å². The smallest absolute Gasteiger partial charge is 0.266 e. The zero-order valence-electron chi connectivity index (χ0n) is 30.8. The molecule has 2 aliphatic rings. The highest BCUT2D eigenvalue weighted by Crippen LogP contribution is 2.44. The first-order chi connectivity index (χ1) is 24.7. The van der Waals surface area contributed by atoms with Crippen LogP contribution in [0.2, 0.25) is 0 Å². The molecule has 0 spiro atoms. The first-order valence-corrected chi connectivity index (χ1v) is 20.3. The van der Waals surface area contributed by atoms with Crippen LogP contribution in [0, 0.1) is 18.3 Å². The number of rotatable bonds is 12. The molecule has 7 nitrogen and oxygen atoms in total. The SMILES string of the molecule is Cc1cc(C2CC2)ccc1-c1ccc(NC(=O)[C@H](Cc2ccc(C(=O)NCCS(=O)(=O)O)cc2)c2ccc(C3CCC(C(C)(C)C)CC3)cc2)cc1. The summed E-state index contributed by atoms with van der Waals surface area (Å²) in [6, 6.07) is 30.4. The topological polar surface area (TPSA) is 113 Å². The van der Waals surface area contributed by atoms with Crippen LogP contribution in [0.25, 0.3) is 11.1 Å². The Labute approximate surface area is 309 Å². The number of anilines is 1. The number of amides is 2. The Morgan fingerprint density at radius 3 is 1.96 bits per heavy atom. The Morgan fingerprint density at radius 2 is 1.38 bits per heavy atom. The highest BCUT2D eigenvalue weighted by Gasteiger charge is 2.31. The van der Waals surface area contributed by atoms with Gasteiger partial charge in [0.2, 0.25) is 5.91 Å². The van der Waals surface area contributed by atoms with Gasteiger partial charge in [0.05, 0.1) is 11.7 Å². The van der Waals surface area contributed by atoms with Crippen molar-refractivity contribution in [3.05, 3.63) is 124 Å². The maximum absolute atomic E-state index is 14.1. The highest BCUT2D eigenvalue weighted by atomic mass is 32.2. The largest absolute Gasteiger partial charge is 0.351 e. The van der Waals surface area contributed by atoms with Crippen LogP contribution in [0.1, 0.15) is 115 Å². The van der Waals surface area contributed by atoms with Crippen molar-refractivity contribution in [2.24, 2.45) is 11.3 Å². The van der Waals surface area contributed by atoms with Gasteiger partial charge in [0.25, 0.3) is 16.0 Å². The van der Waals surface area contributed by atoms with Gasteiger partial charge >= 0.3 is 0 Å². The van der Waals surface area contributed by atoms with E-state index in [2.05, 4.69) is 92.9 Å². The molecular formula is C44H52N2O5S. The summed E-state index contributed by atoms with van der Waals surface area (Å²) in [5, 5.41) is 5.69. The summed E-state index contributed by atoms with van der Waals surface area (Å²) in [6.07, 6.45) is 7.82. The molecule has 0 unspecified atom stereocenters. The van der Waals surface area contributed by atoms with Crippen molar-refractivity contribution >= 4 is 27.6 Å². The lowest BCUT2D eigenvalue weighted by atomic mass is 9.68. The van der Waals surface area contributed by atoms with Crippen LogP contribution in [-0.4, -0.2) is 37.1 Å². The Balaban J connectivity index is 1.17. The average molecular weight is 721 g/mol. The molecule has 0 saturated heterocycles. The van der Waals surface area contributed by atoms with E-state index < -0.39 is 27.7 Å². The van der Waals surface area contributed by atoms with E-state index in [-0.39, 0.29) is 12.5 Å². The van der Waals surface area contributed by atoms with E-state index in [1.54, 1.807) is 12.1 Å². The monoisotopic (exact) mass is 720 g/mol. The molecule has 0 radical (unpaired) electrons. The number of carbonyl (C=O) groups excluding carboxylic acids is 2. The van der Waals surface area contributed by atoms with E-state index >= 15 is 0 Å². The molecule has 0 aromatic heterocycles. The normalized spacial score (nSPS) is 18.4. The van der Waals surface area contributed by atoms with Crippen molar-refractivity contribution < 1.29 is 22.6 Å². The van der Waals surface area contributed by atoms with E-state index in [0.29, 0.717) is 29.2 Å². The first kappa shape index (κ1) is 37.5. The second kappa shape index (κ2) is 15.8. The first-order valence-electron chi connectivity index (χ1n) is 18.7. The molecule has 4 aromatic rings. The van der Waals surface area contributed by atoms with Crippen LogP contribution in [0.5, 0.6) is 0 Å². The minimum Gasteiger partial charge on any atom is -0.351 e. The minimum absolute atomic E-state index is 0.108. The summed E-state index contributed by atoms with van der Waals surface area (Å²) in [6.45, 7) is 9.00. The van der Waals surface area contributed by atoms with Crippen molar-refractivity contribution in [2.75, 3.05) is 17.6 Å². The number of aryl methyl sites for hydroxylation is 1. The minimum atomic E-state index is -4.17. The lowest BCUT2D eigenvalue weighted by Crippen LogP contribution is -2.28. The van der Waals surface area contributed by atoms with Crippen LogP contribution in [0.3, 0.4) is 0 Å². The Bertz CT molecular complexity index is 1970. The van der Waals surface area contributed by atoms with E-state index in [0.717, 1.165) is 28.3 Å². The van der Waals surface area contributed by atoms with Gasteiger partial charge in [-0.15, -0.1) is 0 Å². The molecule has 6 rings (SSSR count). The summed E-state index contributed by atoms with van der Waals surface area (Å²) >= 11 is 0. The van der Waals surface area contributed by atoms with Crippen molar-refractivity contribution in [1.82, 2.24) is 5.32 Å². The van der Waals surface area contributed by atoms with Crippen LogP contribution < -0.4 is 10.6 Å². The maximum atomic E-state index is 14.1.